The Hall–Kier alpha value is -4.34. The predicted octanol–water partition coefficient (Wildman–Crippen LogP) is 3.97. The number of benzene rings is 2. The number of hydrogen-bond donors (Lipinski definition) is 3. The molecule has 0 aliphatic heterocycles. The summed E-state index contributed by atoms with van der Waals surface area (Å²) in [5, 5.41) is 14.1. The molecule has 2 heterocycles. The number of β-amino-alcohol motifs (C(OH)–C–C–N with tert-alkyl or cyclic N) is 1. The van der Waals surface area contributed by atoms with Crippen LogP contribution in [0, 0.1) is 0 Å². The van der Waals surface area contributed by atoms with Crippen molar-refractivity contribution in [2.75, 3.05) is 11.3 Å². The average Bonchev–Trinajstić information content (AvgIpc) is 3.37. The Morgan fingerprint density at radius 3 is 2.47 bits per heavy atom. The summed E-state index contributed by atoms with van der Waals surface area (Å²) in [6, 6.07) is 17.0. The number of nitrogens with one attached hydrogen (secondary N) is 2. The number of fused-ring (bicyclic) bond motifs is 1. The van der Waals surface area contributed by atoms with Crippen LogP contribution in [0.4, 0.5) is 18.9 Å². The Morgan fingerprint density at radius 2 is 1.77 bits per heavy atom. The highest BCUT2D eigenvalue weighted by Crippen LogP contribution is 2.23. The lowest BCUT2D eigenvalue weighted by Gasteiger charge is -2.28. The van der Waals surface area contributed by atoms with E-state index in [1.807, 2.05) is 13.8 Å². The minimum atomic E-state index is -5.31. The number of sulfonamides is 1. The highest BCUT2D eigenvalue weighted by molar-refractivity contribution is 7.92. The van der Waals surface area contributed by atoms with Crippen LogP contribution in [0.3, 0.4) is 0 Å². The number of ether oxygens (including phenoxy) is 1. The topological polar surface area (TPSA) is 153 Å². The number of aromatic nitrogens is 3. The van der Waals surface area contributed by atoms with Gasteiger partial charge in [-0.25, -0.2) is 28.0 Å². The van der Waals surface area contributed by atoms with Crippen LogP contribution in [-0.2, 0) is 26.1 Å². The van der Waals surface area contributed by atoms with Crippen LogP contribution in [0.2, 0.25) is 0 Å². The van der Waals surface area contributed by atoms with Crippen molar-refractivity contribution in [2.24, 2.45) is 0 Å². The minimum absolute atomic E-state index is 0.0814. The summed E-state index contributed by atoms with van der Waals surface area (Å²) in [6.07, 6.45) is -4.25. The lowest BCUT2D eigenvalue weighted by molar-refractivity contribution is -0.193. The Kier molecular flexibility index (Phi) is 9.18. The second-order valence-corrected chi connectivity index (χ2v) is 11.9. The molecule has 0 radical (unpaired) electrons. The molecule has 0 spiro atoms. The van der Waals surface area contributed by atoms with Gasteiger partial charge in [0.1, 0.15) is 0 Å². The van der Waals surface area contributed by atoms with E-state index in [9.17, 15) is 36.3 Å². The quantitative estimate of drug-likeness (QED) is 0.167. The van der Waals surface area contributed by atoms with E-state index in [0.717, 1.165) is 6.07 Å². The molecule has 4 aromatic rings. The van der Waals surface area contributed by atoms with Crippen molar-refractivity contribution >= 4 is 38.8 Å². The number of alkyl halides is 3. The second-order valence-electron chi connectivity index (χ2n) is 10.2. The van der Waals surface area contributed by atoms with Crippen LogP contribution in [0.15, 0.2) is 78.0 Å². The molecule has 4 rings (SSSR count). The summed E-state index contributed by atoms with van der Waals surface area (Å²) >= 11 is 0. The summed E-state index contributed by atoms with van der Waals surface area (Å²) in [5.41, 5.74) is 0.419. The molecule has 0 amide bonds. The number of pyridine rings is 1. The lowest BCUT2D eigenvalue weighted by Crippen LogP contribution is -2.42. The van der Waals surface area contributed by atoms with Crippen molar-refractivity contribution in [3.8, 4) is 0 Å². The van der Waals surface area contributed by atoms with Crippen molar-refractivity contribution in [1.29, 1.82) is 0 Å². The molecule has 2 aromatic heterocycles. The van der Waals surface area contributed by atoms with Gasteiger partial charge in [-0.3, -0.25) is 4.72 Å². The van der Waals surface area contributed by atoms with Crippen LogP contribution >= 0.6 is 0 Å². The third-order valence-electron chi connectivity index (χ3n) is 6.44. The van der Waals surface area contributed by atoms with Crippen LogP contribution in [0.5, 0.6) is 0 Å². The SMILES string of the molecule is CC(C)(CCn1cnc2nc(C(=O)OC(=O)C(F)(F)F)ccc21)NCC(O)c1cccc(NS(=O)(=O)c2ccccc2)c1. The van der Waals surface area contributed by atoms with E-state index in [1.54, 1.807) is 47.0 Å². The highest BCUT2D eigenvalue weighted by atomic mass is 32.2. The van der Waals surface area contributed by atoms with Crippen LogP contribution in [0.1, 0.15) is 42.4 Å². The van der Waals surface area contributed by atoms with Gasteiger partial charge in [-0.15, -0.1) is 0 Å². The molecule has 0 saturated heterocycles. The number of imidazole rings is 1. The van der Waals surface area contributed by atoms with Crippen molar-refractivity contribution < 1.29 is 41.0 Å². The van der Waals surface area contributed by atoms with E-state index in [4.69, 9.17) is 0 Å². The fourth-order valence-corrected chi connectivity index (χ4v) is 5.11. The Balaban J connectivity index is 1.34. The van der Waals surface area contributed by atoms with Gasteiger partial charge in [0, 0.05) is 24.3 Å². The summed E-state index contributed by atoms with van der Waals surface area (Å²) in [4.78, 5) is 30.9. The molecule has 0 fully saturated rings. The third kappa shape index (κ3) is 8.15. The molecule has 43 heavy (non-hydrogen) atoms. The van der Waals surface area contributed by atoms with E-state index >= 15 is 0 Å². The summed E-state index contributed by atoms with van der Waals surface area (Å²) in [7, 11) is -3.79. The first-order chi connectivity index (χ1) is 20.1. The van der Waals surface area contributed by atoms with Crippen molar-refractivity contribution in [2.45, 2.75) is 49.5 Å². The fraction of sp³-hybridized carbons (Fsp3) is 0.286. The molecule has 15 heteroatoms. The molecule has 228 valence electrons. The second kappa shape index (κ2) is 12.5. The number of aliphatic hydroxyl groups is 1. The number of nitrogens with zero attached hydrogens (tertiary/aromatic N) is 3. The molecule has 0 bridgehead atoms. The van der Waals surface area contributed by atoms with E-state index in [-0.39, 0.29) is 17.1 Å². The van der Waals surface area contributed by atoms with Gasteiger partial charge in [0.25, 0.3) is 10.0 Å². The van der Waals surface area contributed by atoms with Crippen molar-refractivity contribution in [1.82, 2.24) is 19.9 Å². The van der Waals surface area contributed by atoms with Crippen LogP contribution in [-0.4, -0.2) is 58.3 Å². The molecule has 3 N–H and O–H groups in total. The van der Waals surface area contributed by atoms with Gasteiger partial charge in [0.05, 0.1) is 22.8 Å². The molecule has 1 unspecified atom stereocenters. The van der Waals surface area contributed by atoms with Crippen molar-refractivity contribution in [3.63, 3.8) is 0 Å². The molecule has 2 aromatic carbocycles. The molecule has 0 saturated carbocycles. The largest absolute Gasteiger partial charge is 0.491 e. The monoisotopic (exact) mass is 619 g/mol. The van der Waals surface area contributed by atoms with Gasteiger partial charge in [-0.1, -0.05) is 30.3 Å². The van der Waals surface area contributed by atoms with Gasteiger partial charge in [-0.2, -0.15) is 13.2 Å². The molecule has 1 atom stereocenters. The Bertz CT molecular complexity index is 1730. The number of anilines is 1. The average molecular weight is 620 g/mol. The number of aliphatic hydroxyl groups excluding tert-OH is 1. The maximum atomic E-state index is 12.6. The zero-order chi connectivity index (χ0) is 31.4. The smallest absolute Gasteiger partial charge is 0.387 e. The first-order valence-corrected chi connectivity index (χ1v) is 14.4. The highest BCUT2D eigenvalue weighted by Gasteiger charge is 2.42. The van der Waals surface area contributed by atoms with Gasteiger partial charge in [-0.05, 0) is 62.2 Å². The van der Waals surface area contributed by atoms with Gasteiger partial charge in [0.2, 0.25) is 0 Å². The maximum Gasteiger partial charge on any atom is 0.491 e. The summed E-state index contributed by atoms with van der Waals surface area (Å²) in [5.74, 6) is -4.17. The number of carbonyl (C=O) groups is 2. The zero-order valence-electron chi connectivity index (χ0n) is 23.0. The molecule has 0 aliphatic rings. The number of aryl methyl sites for hydroxylation is 1. The minimum Gasteiger partial charge on any atom is -0.387 e. The lowest BCUT2D eigenvalue weighted by atomic mass is 9.99. The molecular weight excluding hydrogens is 591 g/mol. The number of rotatable bonds is 11. The first-order valence-electron chi connectivity index (χ1n) is 12.9. The zero-order valence-corrected chi connectivity index (χ0v) is 23.8. The van der Waals surface area contributed by atoms with E-state index in [2.05, 4.69) is 24.7 Å². The van der Waals surface area contributed by atoms with Crippen LogP contribution < -0.4 is 10.0 Å². The Labute approximate surface area is 244 Å². The van der Waals surface area contributed by atoms with E-state index < -0.39 is 45.5 Å². The third-order valence-corrected chi connectivity index (χ3v) is 7.84. The normalized spacial score (nSPS) is 13.1. The fourth-order valence-electron chi connectivity index (χ4n) is 4.04. The number of hydrogen-bond acceptors (Lipinski definition) is 9. The van der Waals surface area contributed by atoms with Gasteiger partial charge in [0.15, 0.2) is 11.3 Å². The van der Waals surface area contributed by atoms with Gasteiger partial charge >= 0.3 is 18.1 Å². The number of esters is 2. The predicted molar refractivity (Wildman–Crippen MR) is 149 cm³/mol. The van der Waals surface area contributed by atoms with E-state index in [0.29, 0.717) is 29.7 Å². The first kappa shape index (κ1) is 31.6. The summed E-state index contributed by atoms with van der Waals surface area (Å²) < 4.78 is 70.5. The van der Waals surface area contributed by atoms with Crippen molar-refractivity contribution in [3.05, 3.63) is 84.3 Å². The van der Waals surface area contributed by atoms with Crippen LogP contribution in [0.25, 0.3) is 11.2 Å². The standard InChI is InChI=1S/C28H28F3N5O6S/c1-27(2,13-14-36-17-32-24-22(36)12-11-21(34-24)25(38)42-26(39)28(29,30)31)33-16-23(37)18-7-6-8-19(15-18)35-43(40,41)20-9-4-3-5-10-20/h3-12,15,17,23,33,35,37H,13-14,16H2,1-2H3. The summed E-state index contributed by atoms with van der Waals surface area (Å²) in [6.45, 7) is 4.44. The number of carbonyl (C=O) groups excluding carboxylic acids is 2. The van der Waals surface area contributed by atoms with E-state index in [1.165, 1.54) is 24.5 Å². The molecule has 11 nitrogen and oxygen atoms in total. The number of halogens is 3. The maximum absolute atomic E-state index is 12.6. The molecular formula is C28H28F3N5O6S. The van der Waals surface area contributed by atoms with Gasteiger partial charge < -0.3 is 19.7 Å². The molecule has 0 aliphatic carbocycles. The Morgan fingerprint density at radius 1 is 1.05 bits per heavy atom.